The molecule has 2 aromatic heterocycles. The van der Waals surface area contributed by atoms with Crippen LogP contribution in [0, 0.1) is 11.8 Å². The molecule has 2 bridgehead atoms. The quantitative estimate of drug-likeness (QED) is 0.812. The monoisotopic (exact) mass is 312 g/mol. The van der Waals surface area contributed by atoms with E-state index in [0.29, 0.717) is 30.3 Å². The number of fused-ring (bicyclic) bond motifs is 3. The standard InChI is InChI=1S/C18H24N4O/c19-14-7-11-3-1-4-12(8-14)17(11)22-16(23)9-13-10-21-18-15(13)5-2-6-20-18/h2,5-6,10-12,14,17H,1,3-4,7-9,19H2,(H,20,21)(H,22,23). The van der Waals surface area contributed by atoms with Crippen molar-refractivity contribution in [2.75, 3.05) is 0 Å². The zero-order valence-electron chi connectivity index (χ0n) is 13.3. The first-order valence-electron chi connectivity index (χ1n) is 8.66. The second-order valence-electron chi connectivity index (χ2n) is 7.17. The van der Waals surface area contributed by atoms with Gasteiger partial charge in [0, 0.05) is 29.9 Å². The molecule has 2 aliphatic rings. The lowest BCUT2D eigenvalue weighted by atomic mass is 9.67. The number of hydrogen-bond donors (Lipinski definition) is 3. The van der Waals surface area contributed by atoms with Crippen molar-refractivity contribution >= 4 is 16.9 Å². The minimum absolute atomic E-state index is 0.118. The summed E-state index contributed by atoms with van der Waals surface area (Å²) in [6.45, 7) is 0. The molecular formula is C18H24N4O. The van der Waals surface area contributed by atoms with E-state index in [2.05, 4.69) is 15.3 Å². The van der Waals surface area contributed by atoms with Crippen LogP contribution in [0.5, 0.6) is 0 Å². The fraction of sp³-hybridized carbons (Fsp3) is 0.556. The number of pyridine rings is 1. The third-order valence-electron chi connectivity index (χ3n) is 5.59. The molecule has 122 valence electrons. The summed E-state index contributed by atoms with van der Waals surface area (Å²) in [6, 6.07) is 4.55. The Kier molecular flexibility index (Phi) is 3.81. The van der Waals surface area contributed by atoms with Crippen molar-refractivity contribution in [3.8, 4) is 0 Å². The van der Waals surface area contributed by atoms with Gasteiger partial charge in [0.1, 0.15) is 5.65 Å². The van der Waals surface area contributed by atoms with Crippen molar-refractivity contribution < 1.29 is 4.79 Å². The van der Waals surface area contributed by atoms with Gasteiger partial charge in [0.2, 0.25) is 5.91 Å². The Bertz CT molecular complexity index is 696. The number of aromatic nitrogens is 2. The smallest absolute Gasteiger partial charge is 0.224 e. The van der Waals surface area contributed by atoms with Gasteiger partial charge in [0.25, 0.3) is 0 Å². The molecule has 0 spiro atoms. The van der Waals surface area contributed by atoms with Gasteiger partial charge >= 0.3 is 0 Å². The number of nitrogens with two attached hydrogens (primary N) is 1. The van der Waals surface area contributed by atoms with Gasteiger partial charge in [-0.15, -0.1) is 0 Å². The van der Waals surface area contributed by atoms with Gasteiger partial charge in [-0.25, -0.2) is 4.98 Å². The summed E-state index contributed by atoms with van der Waals surface area (Å²) in [6.07, 6.45) is 9.86. The zero-order valence-corrected chi connectivity index (χ0v) is 13.3. The molecule has 23 heavy (non-hydrogen) atoms. The lowest BCUT2D eigenvalue weighted by Crippen LogP contribution is -2.54. The van der Waals surface area contributed by atoms with Crippen LogP contribution in [0.2, 0.25) is 0 Å². The van der Waals surface area contributed by atoms with Crippen molar-refractivity contribution in [2.24, 2.45) is 17.6 Å². The third-order valence-corrected chi connectivity index (χ3v) is 5.59. The number of nitrogens with zero attached hydrogens (tertiary/aromatic N) is 1. The molecule has 2 atom stereocenters. The van der Waals surface area contributed by atoms with Crippen molar-refractivity contribution in [1.29, 1.82) is 0 Å². The number of aromatic amines is 1. The second-order valence-corrected chi connectivity index (χ2v) is 7.17. The minimum atomic E-state index is 0.118. The summed E-state index contributed by atoms with van der Waals surface area (Å²) >= 11 is 0. The molecule has 2 aliphatic carbocycles. The molecule has 2 aromatic rings. The fourth-order valence-corrected chi connectivity index (χ4v) is 4.59. The maximum absolute atomic E-state index is 12.6. The van der Waals surface area contributed by atoms with Gasteiger partial charge in [-0.2, -0.15) is 0 Å². The number of carbonyl (C=O) groups excluding carboxylic acids is 1. The van der Waals surface area contributed by atoms with Gasteiger partial charge < -0.3 is 16.0 Å². The SMILES string of the molecule is NC1CC2CCCC(C1)C2NC(=O)Cc1c[nH]c2ncccc12. The Balaban J connectivity index is 1.46. The van der Waals surface area contributed by atoms with Crippen LogP contribution in [0.25, 0.3) is 11.0 Å². The highest BCUT2D eigenvalue weighted by molar-refractivity contribution is 5.87. The topological polar surface area (TPSA) is 83.8 Å². The number of nitrogens with one attached hydrogen (secondary N) is 2. The van der Waals surface area contributed by atoms with Crippen LogP contribution in [0.15, 0.2) is 24.5 Å². The summed E-state index contributed by atoms with van der Waals surface area (Å²) in [7, 11) is 0. The highest BCUT2D eigenvalue weighted by Crippen LogP contribution is 2.39. The lowest BCUT2D eigenvalue weighted by molar-refractivity contribution is -0.122. The Labute approximate surface area is 136 Å². The summed E-state index contributed by atoms with van der Waals surface area (Å²) in [4.78, 5) is 20.0. The fourth-order valence-electron chi connectivity index (χ4n) is 4.59. The summed E-state index contributed by atoms with van der Waals surface area (Å²) in [5.74, 6) is 1.24. The van der Waals surface area contributed by atoms with Crippen molar-refractivity contribution in [1.82, 2.24) is 15.3 Å². The lowest BCUT2D eigenvalue weighted by Gasteiger charge is -2.45. The molecular weight excluding hydrogens is 288 g/mol. The van der Waals surface area contributed by atoms with Crippen LogP contribution in [-0.4, -0.2) is 28.0 Å². The maximum atomic E-state index is 12.6. The summed E-state index contributed by atoms with van der Waals surface area (Å²) in [5, 5.41) is 4.35. The third kappa shape index (κ3) is 2.85. The van der Waals surface area contributed by atoms with Crippen LogP contribution in [0.1, 0.15) is 37.7 Å². The van der Waals surface area contributed by atoms with E-state index in [0.717, 1.165) is 29.4 Å². The molecule has 5 heteroatoms. The molecule has 4 rings (SSSR count). The Morgan fingerprint density at radius 2 is 2.13 bits per heavy atom. The molecule has 0 aliphatic heterocycles. The molecule has 0 saturated heterocycles. The van der Waals surface area contributed by atoms with E-state index in [1.807, 2.05) is 18.3 Å². The van der Waals surface area contributed by atoms with Crippen molar-refractivity contribution in [3.63, 3.8) is 0 Å². The first-order chi connectivity index (χ1) is 11.2. The van der Waals surface area contributed by atoms with E-state index >= 15 is 0 Å². The molecule has 4 N–H and O–H groups in total. The molecule has 5 nitrogen and oxygen atoms in total. The van der Waals surface area contributed by atoms with Crippen LogP contribution < -0.4 is 11.1 Å². The molecule has 2 heterocycles. The average molecular weight is 312 g/mol. The number of carbonyl (C=O) groups is 1. The molecule has 2 unspecified atom stereocenters. The predicted molar refractivity (Wildman–Crippen MR) is 89.8 cm³/mol. The van der Waals surface area contributed by atoms with Gasteiger partial charge in [-0.05, 0) is 55.2 Å². The van der Waals surface area contributed by atoms with E-state index in [9.17, 15) is 4.79 Å². The minimum Gasteiger partial charge on any atom is -0.353 e. The highest BCUT2D eigenvalue weighted by Gasteiger charge is 2.39. The van der Waals surface area contributed by atoms with E-state index < -0.39 is 0 Å². The van der Waals surface area contributed by atoms with Gasteiger partial charge in [-0.1, -0.05) is 6.42 Å². The predicted octanol–water partition coefficient (Wildman–Crippen LogP) is 2.13. The maximum Gasteiger partial charge on any atom is 0.224 e. The van der Waals surface area contributed by atoms with Gasteiger partial charge in [-0.3, -0.25) is 4.79 Å². The summed E-state index contributed by atoms with van der Waals surface area (Å²) < 4.78 is 0. The first kappa shape index (κ1) is 14.7. The van der Waals surface area contributed by atoms with E-state index in [4.69, 9.17) is 5.73 Å². The molecule has 2 saturated carbocycles. The average Bonchev–Trinajstić information content (AvgIpc) is 2.91. The molecule has 0 aromatic carbocycles. The Morgan fingerprint density at radius 3 is 2.91 bits per heavy atom. The number of H-pyrrole nitrogens is 1. The van der Waals surface area contributed by atoms with E-state index in [1.54, 1.807) is 6.20 Å². The van der Waals surface area contributed by atoms with Gasteiger partial charge in [0.05, 0.1) is 6.42 Å². The van der Waals surface area contributed by atoms with Crippen LogP contribution >= 0.6 is 0 Å². The van der Waals surface area contributed by atoms with E-state index in [-0.39, 0.29) is 5.91 Å². The van der Waals surface area contributed by atoms with Crippen LogP contribution in [0.4, 0.5) is 0 Å². The van der Waals surface area contributed by atoms with Gasteiger partial charge in [0.15, 0.2) is 0 Å². The number of rotatable bonds is 3. The number of amides is 1. The second kappa shape index (κ2) is 5.96. The molecule has 1 amide bonds. The Hall–Kier alpha value is -1.88. The van der Waals surface area contributed by atoms with Crippen LogP contribution in [0.3, 0.4) is 0 Å². The van der Waals surface area contributed by atoms with E-state index in [1.165, 1.54) is 19.3 Å². The van der Waals surface area contributed by atoms with Crippen molar-refractivity contribution in [2.45, 2.75) is 50.6 Å². The first-order valence-corrected chi connectivity index (χ1v) is 8.66. The molecule has 2 fully saturated rings. The largest absolute Gasteiger partial charge is 0.353 e. The highest BCUT2D eigenvalue weighted by atomic mass is 16.1. The van der Waals surface area contributed by atoms with Crippen molar-refractivity contribution in [3.05, 3.63) is 30.1 Å². The summed E-state index contributed by atoms with van der Waals surface area (Å²) in [5.41, 5.74) is 8.03. The normalized spacial score (nSPS) is 30.3. The molecule has 0 radical (unpaired) electrons. The Morgan fingerprint density at radius 1 is 1.35 bits per heavy atom. The number of hydrogen-bond acceptors (Lipinski definition) is 3. The zero-order chi connectivity index (χ0) is 15.8. The van der Waals surface area contributed by atoms with Crippen LogP contribution in [-0.2, 0) is 11.2 Å².